The molecule has 0 radical (unpaired) electrons. The standard InChI is InChI=1S/C23H40N4O3/c1-2-28-17-10-23(8-3-4-9-23)20-26-22(24-11-7-21-6-5-16-30-21)25-12-13-27-14-18-29-19-15-27/h5-6,16H,2-4,7-15,17-20H2,1H3,(H2,24,25,26). The molecule has 0 amide bonds. The molecule has 2 aliphatic rings. The molecular weight excluding hydrogens is 380 g/mol. The Hall–Kier alpha value is -1.57. The molecule has 1 aliphatic carbocycles. The van der Waals surface area contributed by atoms with Crippen LogP contribution in [-0.4, -0.2) is 76.6 Å². The van der Waals surface area contributed by atoms with E-state index in [1.54, 1.807) is 6.26 Å². The fraction of sp³-hybridized carbons (Fsp3) is 0.783. The van der Waals surface area contributed by atoms with E-state index in [1.165, 1.54) is 25.7 Å². The number of guanidine groups is 1. The van der Waals surface area contributed by atoms with Gasteiger partial charge in [0.25, 0.3) is 0 Å². The first-order valence-corrected chi connectivity index (χ1v) is 11.7. The van der Waals surface area contributed by atoms with Crippen molar-refractivity contribution in [2.24, 2.45) is 10.4 Å². The highest BCUT2D eigenvalue weighted by molar-refractivity contribution is 5.79. The smallest absolute Gasteiger partial charge is 0.191 e. The maximum atomic E-state index is 5.66. The molecule has 170 valence electrons. The van der Waals surface area contributed by atoms with Gasteiger partial charge in [0, 0.05) is 58.9 Å². The van der Waals surface area contributed by atoms with Crippen LogP contribution in [0.1, 0.15) is 44.8 Å². The van der Waals surface area contributed by atoms with E-state index in [1.807, 2.05) is 12.1 Å². The second-order valence-corrected chi connectivity index (χ2v) is 8.46. The van der Waals surface area contributed by atoms with E-state index in [4.69, 9.17) is 18.9 Å². The van der Waals surface area contributed by atoms with Gasteiger partial charge in [-0.25, -0.2) is 0 Å². The van der Waals surface area contributed by atoms with E-state index in [0.29, 0.717) is 5.41 Å². The Morgan fingerprint density at radius 2 is 2.00 bits per heavy atom. The molecule has 30 heavy (non-hydrogen) atoms. The summed E-state index contributed by atoms with van der Waals surface area (Å²) in [5.74, 6) is 1.91. The first-order valence-electron chi connectivity index (χ1n) is 11.7. The number of hydrogen-bond donors (Lipinski definition) is 2. The van der Waals surface area contributed by atoms with Crippen molar-refractivity contribution in [3.63, 3.8) is 0 Å². The van der Waals surface area contributed by atoms with Gasteiger partial charge in [-0.1, -0.05) is 12.8 Å². The Balaban J connectivity index is 1.51. The lowest BCUT2D eigenvalue weighted by molar-refractivity contribution is 0.0389. The number of nitrogens with zero attached hydrogens (tertiary/aromatic N) is 2. The lowest BCUT2D eigenvalue weighted by Gasteiger charge is -2.28. The third kappa shape index (κ3) is 7.93. The van der Waals surface area contributed by atoms with Crippen LogP contribution >= 0.6 is 0 Å². The molecule has 1 aliphatic heterocycles. The minimum atomic E-state index is 0.301. The summed E-state index contributed by atoms with van der Waals surface area (Å²) in [7, 11) is 0. The van der Waals surface area contributed by atoms with Crippen LogP contribution in [0, 0.1) is 5.41 Å². The van der Waals surface area contributed by atoms with E-state index in [-0.39, 0.29) is 0 Å². The van der Waals surface area contributed by atoms with E-state index in [9.17, 15) is 0 Å². The zero-order chi connectivity index (χ0) is 20.9. The predicted octanol–water partition coefficient (Wildman–Crippen LogP) is 2.68. The predicted molar refractivity (Wildman–Crippen MR) is 120 cm³/mol. The van der Waals surface area contributed by atoms with Crippen molar-refractivity contribution in [3.8, 4) is 0 Å². The lowest BCUT2D eigenvalue weighted by atomic mass is 9.83. The maximum Gasteiger partial charge on any atom is 0.191 e. The Morgan fingerprint density at radius 1 is 1.20 bits per heavy atom. The van der Waals surface area contributed by atoms with Crippen molar-refractivity contribution in [3.05, 3.63) is 24.2 Å². The average Bonchev–Trinajstić information content (AvgIpc) is 3.45. The summed E-state index contributed by atoms with van der Waals surface area (Å²) in [6.07, 6.45) is 8.84. The maximum absolute atomic E-state index is 5.66. The summed E-state index contributed by atoms with van der Waals surface area (Å²) in [4.78, 5) is 7.47. The third-order valence-corrected chi connectivity index (χ3v) is 6.29. The second kappa shape index (κ2) is 13.0. The molecule has 3 rings (SSSR count). The van der Waals surface area contributed by atoms with Crippen LogP contribution < -0.4 is 10.6 Å². The quantitative estimate of drug-likeness (QED) is 0.308. The molecule has 7 heteroatoms. The van der Waals surface area contributed by atoms with Crippen LogP contribution in [0.3, 0.4) is 0 Å². The van der Waals surface area contributed by atoms with Gasteiger partial charge in [-0.2, -0.15) is 0 Å². The molecular formula is C23H40N4O3. The molecule has 0 aromatic carbocycles. The number of nitrogens with one attached hydrogen (secondary N) is 2. The number of furan rings is 1. The largest absolute Gasteiger partial charge is 0.469 e. The molecule has 1 aromatic heterocycles. The van der Waals surface area contributed by atoms with Crippen LogP contribution in [0.5, 0.6) is 0 Å². The molecule has 2 fully saturated rings. The summed E-state index contributed by atoms with van der Waals surface area (Å²) >= 11 is 0. The van der Waals surface area contributed by atoms with Crippen LogP contribution in [-0.2, 0) is 15.9 Å². The lowest BCUT2D eigenvalue weighted by Crippen LogP contribution is -2.45. The minimum absolute atomic E-state index is 0.301. The van der Waals surface area contributed by atoms with Crippen molar-refractivity contribution in [1.29, 1.82) is 0 Å². The van der Waals surface area contributed by atoms with Crippen molar-refractivity contribution in [2.75, 3.05) is 65.7 Å². The molecule has 2 heterocycles. The van der Waals surface area contributed by atoms with Crippen molar-refractivity contribution in [1.82, 2.24) is 15.5 Å². The van der Waals surface area contributed by atoms with Crippen LogP contribution in [0.15, 0.2) is 27.8 Å². The molecule has 0 spiro atoms. The van der Waals surface area contributed by atoms with Crippen LogP contribution in [0.4, 0.5) is 0 Å². The van der Waals surface area contributed by atoms with Gasteiger partial charge in [0.1, 0.15) is 5.76 Å². The summed E-state index contributed by atoms with van der Waals surface area (Å²) in [6, 6.07) is 3.96. The third-order valence-electron chi connectivity index (χ3n) is 6.29. The van der Waals surface area contributed by atoms with Gasteiger partial charge in [-0.3, -0.25) is 9.89 Å². The summed E-state index contributed by atoms with van der Waals surface area (Å²) < 4.78 is 16.6. The molecule has 0 atom stereocenters. The minimum Gasteiger partial charge on any atom is -0.469 e. The van der Waals surface area contributed by atoms with Gasteiger partial charge >= 0.3 is 0 Å². The SMILES string of the molecule is CCOCCC1(CN=C(NCCc2ccco2)NCCN2CCOCC2)CCCC1. The Bertz CT molecular complexity index is 594. The topological polar surface area (TPSA) is 71.3 Å². The van der Waals surface area contributed by atoms with E-state index >= 15 is 0 Å². The second-order valence-electron chi connectivity index (χ2n) is 8.46. The van der Waals surface area contributed by atoms with Gasteiger partial charge in [0.2, 0.25) is 0 Å². The van der Waals surface area contributed by atoms with Crippen molar-refractivity contribution in [2.45, 2.75) is 45.4 Å². The molecule has 1 saturated heterocycles. The van der Waals surface area contributed by atoms with Gasteiger partial charge in [-0.15, -0.1) is 0 Å². The van der Waals surface area contributed by atoms with E-state index in [0.717, 1.165) is 90.3 Å². The number of aliphatic imine (C=N–C) groups is 1. The Morgan fingerprint density at radius 3 is 2.73 bits per heavy atom. The summed E-state index contributed by atoms with van der Waals surface area (Å²) in [6.45, 7) is 11.0. The molecule has 0 bridgehead atoms. The monoisotopic (exact) mass is 420 g/mol. The van der Waals surface area contributed by atoms with Gasteiger partial charge in [-0.05, 0) is 43.7 Å². The zero-order valence-corrected chi connectivity index (χ0v) is 18.7. The zero-order valence-electron chi connectivity index (χ0n) is 18.7. The number of morpholine rings is 1. The summed E-state index contributed by atoms with van der Waals surface area (Å²) in [5.41, 5.74) is 0.301. The molecule has 0 unspecified atom stereocenters. The first kappa shape index (κ1) is 23.1. The van der Waals surface area contributed by atoms with E-state index in [2.05, 4.69) is 22.5 Å². The summed E-state index contributed by atoms with van der Waals surface area (Å²) in [5, 5.41) is 7.06. The van der Waals surface area contributed by atoms with Gasteiger partial charge in [0.15, 0.2) is 5.96 Å². The Kier molecular flexibility index (Phi) is 9.99. The highest BCUT2D eigenvalue weighted by Gasteiger charge is 2.33. The number of hydrogen-bond acceptors (Lipinski definition) is 5. The molecule has 2 N–H and O–H groups in total. The van der Waals surface area contributed by atoms with Crippen molar-refractivity contribution < 1.29 is 13.9 Å². The molecule has 7 nitrogen and oxygen atoms in total. The highest BCUT2D eigenvalue weighted by atomic mass is 16.5. The fourth-order valence-electron chi connectivity index (χ4n) is 4.38. The van der Waals surface area contributed by atoms with Crippen LogP contribution in [0.2, 0.25) is 0 Å². The first-order chi connectivity index (χ1) is 14.8. The van der Waals surface area contributed by atoms with Crippen LogP contribution in [0.25, 0.3) is 0 Å². The molecule has 1 aromatic rings. The Labute approximate surface area is 181 Å². The van der Waals surface area contributed by atoms with Gasteiger partial charge in [0.05, 0.1) is 19.5 Å². The molecule has 1 saturated carbocycles. The number of rotatable bonds is 12. The van der Waals surface area contributed by atoms with E-state index < -0.39 is 0 Å². The van der Waals surface area contributed by atoms with Crippen molar-refractivity contribution >= 4 is 5.96 Å². The number of ether oxygens (including phenoxy) is 2. The normalized spacial score (nSPS) is 19.8. The highest BCUT2D eigenvalue weighted by Crippen LogP contribution is 2.41. The van der Waals surface area contributed by atoms with Gasteiger partial charge < -0.3 is 24.5 Å². The average molecular weight is 421 g/mol. The fourth-order valence-corrected chi connectivity index (χ4v) is 4.38.